The second-order valence-corrected chi connectivity index (χ2v) is 4.54. The molecule has 8 nitrogen and oxygen atoms in total. The van der Waals surface area contributed by atoms with Crippen molar-refractivity contribution in [1.29, 1.82) is 5.26 Å². The molecule has 0 saturated heterocycles. The number of carboxylic acid groups (broad SMARTS) is 3. The summed E-state index contributed by atoms with van der Waals surface area (Å²) in [5, 5.41) is 35.4. The van der Waals surface area contributed by atoms with Crippen molar-refractivity contribution in [2.75, 3.05) is 5.73 Å². The van der Waals surface area contributed by atoms with E-state index in [-0.39, 0.29) is 16.1 Å². The van der Waals surface area contributed by atoms with Gasteiger partial charge in [-0.05, 0) is 0 Å². The molecule has 0 saturated carbocycles. The number of carbonyl (C=O) groups is 3. The standard InChI is InChI=1S/C10H8N2O6S/c11-2-4-6(3(9(15)16)1-5(13)14)7(10(17)18)19-8(4)12/h3H,1,12H2,(H,13,14)(H,15,16)(H,17,18). The molecular weight excluding hydrogens is 276 g/mol. The summed E-state index contributed by atoms with van der Waals surface area (Å²) in [5.41, 5.74) is 4.80. The Kier molecular flexibility index (Phi) is 4.08. The molecule has 1 unspecified atom stereocenters. The third-order valence-corrected chi connectivity index (χ3v) is 3.33. The van der Waals surface area contributed by atoms with E-state index < -0.39 is 35.1 Å². The number of rotatable bonds is 5. The third-order valence-electron chi connectivity index (χ3n) is 2.30. The largest absolute Gasteiger partial charge is 0.481 e. The molecule has 19 heavy (non-hydrogen) atoms. The van der Waals surface area contributed by atoms with Crippen molar-refractivity contribution in [3.8, 4) is 6.07 Å². The van der Waals surface area contributed by atoms with Gasteiger partial charge in [0.2, 0.25) is 0 Å². The second-order valence-electron chi connectivity index (χ2n) is 3.49. The Morgan fingerprint density at radius 2 is 1.89 bits per heavy atom. The topological polar surface area (TPSA) is 162 Å². The lowest BCUT2D eigenvalue weighted by molar-refractivity contribution is -0.145. The molecule has 0 amide bonds. The molecule has 100 valence electrons. The zero-order valence-corrected chi connectivity index (χ0v) is 10.1. The lowest BCUT2D eigenvalue weighted by Crippen LogP contribution is -2.18. The van der Waals surface area contributed by atoms with Crippen molar-refractivity contribution in [3.63, 3.8) is 0 Å². The molecule has 1 rings (SSSR count). The summed E-state index contributed by atoms with van der Waals surface area (Å²) in [4.78, 5) is 32.3. The Hall–Kier alpha value is -2.60. The van der Waals surface area contributed by atoms with Gasteiger partial charge in [-0.25, -0.2) is 4.79 Å². The first kappa shape index (κ1) is 14.5. The fraction of sp³-hybridized carbons (Fsp3) is 0.200. The van der Waals surface area contributed by atoms with Crippen molar-refractivity contribution < 1.29 is 29.7 Å². The average molecular weight is 284 g/mol. The fourth-order valence-electron chi connectivity index (χ4n) is 1.56. The highest BCUT2D eigenvalue weighted by molar-refractivity contribution is 7.18. The first-order valence-corrected chi connectivity index (χ1v) is 5.61. The molecule has 0 bridgehead atoms. The summed E-state index contributed by atoms with van der Waals surface area (Å²) in [6, 6.07) is 1.61. The number of thiophene rings is 1. The Bertz CT molecular complexity index is 600. The van der Waals surface area contributed by atoms with Crippen molar-refractivity contribution >= 4 is 34.2 Å². The zero-order chi connectivity index (χ0) is 14.7. The smallest absolute Gasteiger partial charge is 0.346 e. The third kappa shape index (κ3) is 2.80. The summed E-state index contributed by atoms with van der Waals surface area (Å²) >= 11 is 0.546. The quantitative estimate of drug-likeness (QED) is 0.608. The van der Waals surface area contributed by atoms with Gasteiger partial charge in [-0.15, -0.1) is 11.3 Å². The van der Waals surface area contributed by atoms with Gasteiger partial charge >= 0.3 is 17.9 Å². The highest BCUT2D eigenvalue weighted by Crippen LogP contribution is 2.37. The number of anilines is 1. The van der Waals surface area contributed by atoms with E-state index in [0.29, 0.717) is 11.3 Å². The predicted octanol–water partition coefficient (Wildman–Crippen LogP) is 0.543. The molecule has 0 aliphatic heterocycles. The molecular formula is C10H8N2O6S. The molecule has 9 heteroatoms. The minimum absolute atomic E-state index is 0.147. The normalized spacial score (nSPS) is 11.5. The number of aliphatic carboxylic acids is 2. The molecule has 1 aromatic rings. The number of nitrogens with zero attached hydrogens (tertiary/aromatic N) is 1. The lowest BCUT2D eigenvalue weighted by atomic mass is 9.92. The van der Waals surface area contributed by atoms with E-state index >= 15 is 0 Å². The van der Waals surface area contributed by atoms with Gasteiger partial charge in [-0.2, -0.15) is 5.26 Å². The van der Waals surface area contributed by atoms with Gasteiger partial charge in [0, 0.05) is 5.56 Å². The second kappa shape index (κ2) is 5.36. The molecule has 1 atom stereocenters. The maximum absolute atomic E-state index is 11.1. The molecule has 0 fully saturated rings. The van der Waals surface area contributed by atoms with Gasteiger partial charge in [0.25, 0.3) is 0 Å². The maximum Gasteiger partial charge on any atom is 0.346 e. The molecule has 0 aromatic carbocycles. The first-order chi connectivity index (χ1) is 8.79. The van der Waals surface area contributed by atoms with Gasteiger partial charge in [-0.1, -0.05) is 0 Å². The molecule has 0 spiro atoms. The Morgan fingerprint density at radius 1 is 1.32 bits per heavy atom. The van der Waals surface area contributed by atoms with Gasteiger partial charge in [-0.3, -0.25) is 9.59 Å². The number of aromatic carboxylic acids is 1. The number of hydrogen-bond acceptors (Lipinski definition) is 6. The van der Waals surface area contributed by atoms with Crippen LogP contribution in [0.25, 0.3) is 0 Å². The van der Waals surface area contributed by atoms with Crippen LogP contribution >= 0.6 is 11.3 Å². The summed E-state index contributed by atoms with van der Waals surface area (Å²) in [6.45, 7) is 0. The van der Waals surface area contributed by atoms with Crippen LogP contribution in [0, 0.1) is 11.3 Å². The Morgan fingerprint density at radius 3 is 2.26 bits per heavy atom. The number of nitrogens with two attached hydrogens (primary N) is 1. The summed E-state index contributed by atoms with van der Waals surface area (Å²) in [5.74, 6) is -6.03. The Balaban J connectivity index is 3.52. The molecule has 1 aromatic heterocycles. The fourth-order valence-corrected chi connectivity index (χ4v) is 2.48. The maximum atomic E-state index is 11.1. The van der Waals surface area contributed by atoms with Crippen LogP contribution in [0.5, 0.6) is 0 Å². The van der Waals surface area contributed by atoms with E-state index in [4.69, 9.17) is 26.3 Å². The van der Waals surface area contributed by atoms with E-state index in [2.05, 4.69) is 0 Å². The number of nitrogen functional groups attached to an aromatic ring is 1. The minimum atomic E-state index is -1.63. The van der Waals surface area contributed by atoms with Crippen LogP contribution in [0.2, 0.25) is 0 Å². The summed E-state index contributed by atoms with van der Waals surface area (Å²) < 4.78 is 0. The van der Waals surface area contributed by atoms with Crippen molar-refractivity contribution in [2.45, 2.75) is 12.3 Å². The van der Waals surface area contributed by atoms with Gasteiger partial charge in [0.15, 0.2) is 0 Å². The highest BCUT2D eigenvalue weighted by Gasteiger charge is 2.33. The number of carboxylic acids is 3. The van der Waals surface area contributed by atoms with Crippen LogP contribution in [0.15, 0.2) is 0 Å². The predicted molar refractivity (Wildman–Crippen MR) is 63.0 cm³/mol. The van der Waals surface area contributed by atoms with Gasteiger partial charge < -0.3 is 21.1 Å². The van der Waals surface area contributed by atoms with E-state index in [1.54, 1.807) is 6.07 Å². The van der Waals surface area contributed by atoms with E-state index in [0.717, 1.165) is 0 Å². The summed E-state index contributed by atoms with van der Waals surface area (Å²) in [7, 11) is 0. The van der Waals surface area contributed by atoms with Crippen LogP contribution in [-0.2, 0) is 9.59 Å². The molecule has 0 aliphatic rings. The van der Waals surface area contributed by atoms with E-state index in [1.165, 1.54) is 0 Å². The highest BCUT2D eigenvalue weighted by atomic mass is 32.1. The minimum Gasteiger partial charge on any atom is -0.481 e. The van der Waals surface area contributed by atoms with Crippen LogP contribution < -0.4 is 5.73 Å². The van der Waals surface area contributed by atoms with Gasteiger partial charge in [0.05, 0.1) is 17.9 Å². The molecule has 5 N–H and O–H groups in total. The first-order valence-electron chi connectivity index (χ1n) is 4.79. The van der Waals surface area contributed by atoms with Crippen molar-refractivity contribution in [1.82, 2.24) is 0 Å². The molecule has 0 aliphatic carbocycles. The lowest BCUT2D eigenvalue weighted by Gasteiger charge is -2.10. The zero-order valence-electron chi connectivity index (χ0n) is 9.28. The van der Waals surface area contributed by atoms with Crippen LogP contribution in [0.1, 0.15) is 33.1 Å². The van der Waals surface area contributed by atoms with Crippen LogP contribution in [0.3, 0.4) is 0 Å². The van der Waals surface area contributed by atoms with Crippen molar-refractivity contribution in [3.05, 3.63) is 16.0 Å². The molecule has 1 heterocycles. The monoisotopic (exact) mass is 284 g/mol. The number of hydrogen-bond donors (Lipinski definition) is 4. The van der Waals surface area contributed by atoms with Crippen LogP contribution in [0.4, 0.5) is 5.00 Å². The number of nitriles is 1. The van der Waals surface area contributed by atoms with Crippen molar-refractivity contribution in [2.24, 2.45) is 0 Å². The van der Waals surface area contributed by atoms with Crippen LogP contribution in [-0.4, -0.2) is 33.2 Å². The Labute approximate surface area is 110 Å². The molecule has 0 radical (unpaired) electrons. The van der Waals surface area contributed by atoms with Gasteiger partial charge in [0.1, 0.15) is 15.9 Å². The SMILES string of the molecule is N#Cc1c(N)sc(C(=O)O)c1C(CC(=O)O)C(=O)O. The summed E-state index contributed by atoms with van der Waals surface area (Å²) in [6.07, 6.45) is -0.833. The van der Waals surface area contributed by atoms with E-state index in [9.17, 15) is 14.4 Å². The van der Waals surface area contributed by atoms with E-state index in [1.807, 2.05) is 0 Å². The average Bonchev–Trinajstić information content (AvgIpc) is 2.62.